The predicted octanol–water partition coefficient (Wildman–Crippen LogP) is 0.805. The summed E-state index contributed by atoms with van der Waals surface area (Å²) in [6, 6.07) is 0. The molecule has 14 heavy (non-hydrogen) atoms. The van der Waals surface area contributed by atoms with Gasteiger partial charge in [-0.2, -0.15) is 4.98 Å². The van der Waals surface area contributed by atoms with Gasteiger partial charge in [-0.3, -0.25) is 0 Å². The Labute approximate surface area is 84.3 Å². The van der Waals surface area contributed by atoms with E-state index in [2.05, 4.69) is 10.1 Å². The Bertz CT molecular complexity index is 289. The predicted molar refractivity (Wildman–Crippen MR) is 55.2 cm³/mol. The minimum absolute atomic E-state index is 0.311. The molecular formula is C9H18N4O. The molecule has 1 heterocycles. The lowest BCUT2D eigenvalue weighted by Gasteiger charge is -2.14. The number of nitrogens with two attached hydrogens (primary N) is 1. The molecule has 2 N–H and O–H groups in total. The van der Waals surface area contributed by atoms with Gasteiger partial charge in [-0.05, 0) is 25.9 Å². The van der Waals surface area contributed by atoms with E-state index in [-0.39, 0.29) is 5.54 Å². The van der Waals surface area contributed by atoms with Gasteiger partial charge in [0, 0.05) is 25.6 Å². The van der Waals surface area contributed by atoms with Gasteiger partial charge in [0.05, 0.1) is 0 Å². The van der Waals surface area contributed by atoms with Gasteiger partial charge >= 0.3 is 0 Å². The summed E-state index contributed by atoms with van der Waals surface area (Å²) in [5.41, 5.74) is 5.53. The van der Waals surface area contributed by atoms with E-state index < -0.39 is 0 Å². The summed E-state index contributed by atoms with van der Waals surface area (Å²) in [6.45, 7) is 6.74. The third-order valence-electron chi connectivity index (χ3n) is 1.88. The normalized spacial score (nSPS) is 11.8. The van der Waals surface area contributed by atoms with Crippen LogP contribution in [-0.4, -0.2) is 29.3 Å². The van der Waals surface area contributed by atoms with Crippen LogP contribution < -0.4 is 10.6 Å². The summed E-state index contributed by atoms with van der Waals surface area (Å²) >= 11 is 0. The van der Waals surface area contributed by atoms with Crippen molar-refractivity contribution in [2.75, 3.05) is 18.5 Å². The molecule has 1 rings (SSSR count). The zero-order valence-corrected chi connectivity index (χ0v) is 9.24. The van der Waals surface area contributed by atoms with Crippen LogP contribution in [0.1, 0.15) is 26.7 Å². The lowest BCUT2D eigenvalue weighted by molar-refractivity contribution is 0.348. The Morgan fingerprint density at radius 2 is 2.14 bits per heavy atom. The fourth-order valence-corrected chi connectivity index (χ4v) is 1.00. The number of nitrogens with zero attached hydrogens (tertiary/aromatic N) is 3. The van der Waals surface area contributed by atoms with Crippen LogP contribution in [0.25, 0.3) is 0 Å². The second kappa shape index (κ2) is 3.96. The molecule has 0 fully saturated rings. The van der Waals surface area contributed by atoms with Crippen molar-refractivity contribution in [1.82, 2.24) is 10.1 Å². The van der Waals surface area contributed by atoms with Crippen molar-refractivity contribution in [2.45, 2.75) is 32.7 Å². The van der Waals surface area contributed by atoms with Gasteiger partial charge in [-0.25, -0.2) is 0 Å². The second-order valence-electron chi connectivity index (χ2n) is 4.17. The average Bonchev–Trinajstić information content (AvgIpc) is 2.48. The van der Waals surface area contributed by atoms with Gasteiger partial charge in [0.1, 0.15) is 0 Å². The zero-order valence-electron chi connectivity index (χ0n) is 9.24. The molecule has 1 aromatic heterocycles. The summed E-state index contributed by atoms with van der Waals surface area (Å²) in [5.74, 6) is 1.21. The summed E-state index contributed by atoms with van der Waals surface area (Å²) < 4.78 is 5.08. The van der Waals surface area contributed by atoms with Crippen molar-refractivity contribution in [3.05, 3.63) is 5.89 Å². The lowest BCUT2D eigenvalue weighted by atomic mass is 10.0. The number of hydrogen-bond donors (Lipinski definition) is 1. The maximum absolute atomic E-state index is 5.84. The first-order valence-electron chi connectivity index (χ1n) is 4.75. The van der Waals surface area contributed by atoms with Crippen LogP contribution in [-0.2, 0) is 6.42 Å². The van der Waals surface area contributed by atoms with Crippen LogP contribution in [0.5, 0.6) is 0 Å². The van der Waals surface area contributed by atoms with Crippen LogP contribution in [0.4, 0.5) is 5.95 Å². The maximum Gasteiger partial charge on any atom is 0.265 e. The highest BCUT2D eigenvalue weighted by Gasteiger charge is 2.17. The molecule has 0 saturated heterocycles. The molecule has 0 aliphatic carbocycles. The van der Waals surface area contributed by atoms with Crippen LogP contribution >= 0.6 is 0 Å². The molecule has 0 aliphatic heterocycles. The van der Waals surface area contributed by atoms with E-state index in [1.165, 1.54) is 0 Å². The first kappa shape index (κ1) is 11.0. The lowest BCUT2D eigenvalue weighted by Crippen LogP contribution is -2.34. The molecule has 0 amide bonds. The molecule has 0 spiro atoms. The number of rotatable bonds is 4. The minimum Gasteiger partial charge on any atom is -0.342 e. The molecule has 0 radical (unpaired) electrons. The summed E-state index contributed by atoms with van der Waals surface area (Å²) in [5, 5.41) is 3.86. The van der Waals surface area contributed by atoms with Crippen molar-refractivity contribution in [2.24, 2.45) is 5.73 Å². The Morgan fingerprint density at radius 1 is 1.50 bits per heavy atom. The van der Waals surface area contributed by atoms with Gasteiger partial charge in [0.25, 0.3) is 5.95 Å². The van der Waals surface area contributed by atoms with Crippen LogP contribution in [0, 0.1) is 0 Å². The Balaban J connectivity index is 2.69. The van der Waals surface area contributed by atoms with Gasteiger partial charge in [-0.15, -0.1) is 0 Å². The SMILES string of the molecule is CCN(C)c1noc(CC(C)(C)N)n1. The molecule has 5 heteroatoms. The molecule has 0 saturated carbocycles. The molecule has 0 atom stereocenters. The van der Waals surface area contributed by atoms with E-state index in [1.54, 1.807) is 0 Å². The molecule has 0 unspecified atom stereocenters. The Kier molecular flexibility index (Phi) is 3.10. The number of aromatic nitrogens is 2. The van der Waals surface area contributed by atoms with E-state index in [4.69, 9.17) is 10.3 Å². The quantitative estimate of drug-likeness (QED) is 0.775. The molecule has 0 aromatic carbocycles. The summed E-state index contributed by atoms with van der Waals surface area (Å²) in [6.07, 6.45) is 0.595. The first-order valence-corrected chi connectivity index (χ1v) is 4.75. The van der Waals surface area contributed by atoms with Gasteiger partial charge < -0.3 is 15.2 Å². The standard InChI is InChI=1S/C9H18N4O/c1-5-13(4)8-11-7(14-12-8)6-9(2,3)10/h5-6,10H2,1-4H3. The van der Waals surface area contributed by atoms with E-state index in [1.807, 2.05) is 32.7 Å². The van der Waals surface area contributed by atoms with Crippen LogP contribution in [0.15, 0.2) is 4.52 Å². The van der Waals surface area contributed by atoms with Crippen LogP contribution in [0.2, 0.25) is 0 Å². The maximum atomic E-state index is 5.84. The first-order chi connectivity index (χ1) is 6.42. The monoisotopic (exact) mass is 198 g/mol. The highest BCUT2D eigenvalue weighted by molar-refractivity contribution is 5.25. The Hall–Kier alpha value is -1.10. The molecule has 1 aromatic rings. The topological polar surface area (TPSA) is 68.2 Å². The second-order valence-corrected chi connectivity index (χ2v) is 4.17. The largest absolute Gasteiger partial charge is 0.342 e. The third kappa shape index (κ3) is 2.99. The zero-order chi connectivity index (χ0) is 10.8. The van der Waals surface area contributed by atoms with Crippen molar-refractivity contribution in [3.8, 4) is 0 Å². The fraction of sp³-hybridized carbons (Fsp3) is 0.778. The van der Waals surface area contributed by atoms with Crippen LogP contribution in [0.3, 0.4) is 0 Å². The van der Waals surface area contributed by atoms with E-state index in [0.29, 0.717) is 18.3 Å². The smallest absolute Gasteiger partial charge is 0.265 e. The summed E-state index contributed by atoms with van der Waals surface area (Å²) in [4.78, 5) is 6.15. The number of anilines is 1. The van der Waals surface area contributed by atoms with Gasteiger partial charge in [-0.1, -0.05) is 0 Å². The highest BCUT2D eigenvalue weighted by atomic mass is 16.5. The van der Waals surface area contributed by atoms with Crippen molar-refractivity contribution < 1.29 is 4.52 Å². The van der Waals surface area contributed by atoms with Gasteiger partial charge in [0.2, 0.25) is 5.89 Å². The van der Waals surface area contributed by atoms with E-state index >= 15 is 0 Å². The minimum atomic E-state index is -0.311. The molecule has 0 aliphatic rings. The third-order valence-corrected chi connectivity index (χ3v) is 1.88. The summed E-state index contributed by atoms with van der Waals surface area (Å²) in [7, 11) is 1.92. The fourth-order valence-electron chi connectivity index (χ4n) is 1.00. The molecule has 0 bridgehead atoms. The number of hydrogen-bond acceptors (Lipinski definition) is 5. The molecule has 80 valence electrons. The Morgan fingerprint density at radius 3 is 2.64 bits per heavy atom. The van der Waals surface area contributed by atoms with Crippen molar-refractivity contribution in [1.29, 1.82) is 0 Å². The average molecular weight is 198 g/mol. The van der Waals surface area contributed by atoms with Crippen molar-refractivity contribution in [3.63, 3.8) is 0 Å². The molecule has 5 nitrogen and oxygen atoms in total. The van der Waals surface area contributed by atoms with Gasteiger partial charge in [0.15, 0.2) is 0 Å². The highest BCUT2D eigenvalue weighted by Crippen LogP contribution is 2.11. The van der Waals surface area contributed by atoms with Crippen molar-refractivity contribution >= 4 is 5.95 Å². The molecular weight excluding hydrogens is 180 g/mol. The van der Waals surface area contributed by atoms with E-state index in [9.17, 15) is 0 Å². The van der Waals surface area contributed by atoms with E-state index in [0.717, 1.165) is 6.54 Å².